The maximum Gasteiger partial charge on any atom is 0.326 e. The first-order valence-electron chi connectivity index (χ1n) is 18.3. The van der Waals surface area contributed by atoms with Crippen molar-refractivity contribution in [3.8, 4) is 0 Å². The molecular formula is C34H59N9O12S2. The van der Waals surface area contributed by atoms with E-state index in [4.69, 9.17) is 5.73 Å². The number of carboxylic acid groups (broad SMARTS) is 2. The van der Waals surface area contributed by atoms with Gasteiger partial charge < -0.3 is 58.5 Å². The maximum absolute atomic E-state index is 13.2. The standard InChI is InChI=1S/C34H59N9O12S2/c1-7-18(6)28(43-32(52)22(15-57)40-24(45)11-36-29(49)19(35)10-16(2)3)33(53)38-12-23(44)39-20(8-9-26(47)48)31(51)41-21(14-56)30(50)37-13-25(46)42-27(17(4)5)34(54)55/h16-22,27-28,56-57H,7-15,35H2,1-6H3,(H,36,49)(H,37,50)(H,38,53)(H,39,44)(H,40,45)(H,41,51)(H,42,46)(H,43,52)(H,47,48)(H,54,55)/t18-,19-,20-,21-,22-,27-,28-/m0/s1. The van der Waals surface area contributed by atoms with E-state index in [9.17, 15) is 58.2 Å². The van der Waals surface area contributed by atoms with Crippen LogP contribution in [-0.2, 0) is 47.9 Å². The molecular weight excluding hydrogens is 791 g/mol. The highest BCUT2D eigenvalue weighted by molar-refractivity contribution is 7.80. The minimum Gasteiger partial charge on any atom is -0.481 e. The molecule has 0 aromatic carbocycles. The Hall–Kier alpha value is -4.64. The Morgan fingerprint density at radius 3 is 1.49 bits per heavy atom. The Balaban J connectivity index is 5.50. The number of rotatable bonds is 27. The van der Waals surface area contributed by atoms with Crippen LogP contribution in [0.15, 0.2) is 0 Å². The molecule has 21 nitrogen and oxygen atoms in total. The van der Waals surface area contributed by atoms with Gasteiger partial charge in [-0.25, -0.2) is 4.79 Å². The van der Waals surface area contributed by atoms with E-state index in [1.54, 1.807) is 27.7 Å². The molecule has 0 bridgehead atoms. The molecule has 0 saturated carbocycles. The number of carbonyl (C=O) groups excluding carboxylic acids is 8. The molecule has 8 amide bonds. The van der Waals surface area contributed by atoms with E-state index in [0.717, 1.165) is 0 Å². The lowest BCUT2D eigenvalue weighted by atomic mass is 9.98. The maximum atomic E-state index is 13.2. The van der Waals surface area contributed by atoms with Gasteiger partial charge in [0.05, 0.1) is 25.7 Å². The minimum atomic E-state index is -1.51. The number of aliphatic carboxylic acids is 2. The summed E-state index contributed by atoms with van der Waals surface area (Å²) in [4.78, 5) is 125. The number of hydrogen-bond donors (Lipinski definition) is 13. The molecule has 0 aromatic rings. The van der Waals surface area contributed by atoms with E-state index in [1.807, 2.05) is 13.8 Å². The topological polar surface area (TPSA) is 333 Å². The third-order valence-corrected chi connectivity index (χ3v) is 9.05. The lowest BCUT2D eigenvalue weighted by Crippen LogP contribution is -2.58. The van der Waals surface area contributed by atoms with Gasteiger partial charge in [0.15, 0.2) is 0 Å². The highest BCUT2D eigenvalue weighted by atomic mass is 32.1. The summed E-state index contributed by atoms with van der Waals surface area (Å²) in [5.41, 5.74) is 5.82. The molecule has 0 rings (SSSR count). The van der Waals surface area contributed by atoms with Gasteiger partial charge in [-0.1, -0.05) is 48.0 Å². The quantitative estimate of drug-likeness (QED) is 0.0360. The Labute approximate surface area is 342 Å². The van der Waals surface area contributed by atoms with Crippen molar-refractivity contribution in [1.82, 2.24) is 42.5 Å². The van der Waals surface area contributed by atoms with Gasteiger partial charge in [0.25, 0.3) is 0 Å². The van der Waals surface area contributed by atoms with E-state index < -0.39 is 140 Å². The van der Waals surface area contributed by atoms with E-state index in [-0.39, 0.29) is 17.4 Å². The smallest absolute Gasteiger partial charge is 0.326 e. The third-order valence-electron chi connectivity index (χ3n) is 8.32. The molecule has 23 heteroatoms. The summed E-state index contributed by atoms with van der Waals surface area (Å²) < 4.78 is 0. The van der Waals surface area contributed by atoms with Gasteiger partial charge in [0, 0.05) is 17.9 Å². The first-order chi connectivity index (χ1) is 26.6. The number of amides is 8. The molecule has 0 aliphatic rings. The van der Waals surface area contributed by atoms with Crippen molar-refractivity contribution in [2.24, 2.45) is 23.5 Å². The highest BCUT2D eigenvalue weighted by Crippen LogP contribution is 2.09. The average Bonchev–Trinajstić information content (AvgIpc) is 3.14. The molecule has 0 aromatic heterocycles. The van der Waals surface area contributed by atoms with Gasteiger partial charge in [-0.3, -0.25) is 43.2 Å². The number of carbonyl (C=O) groups is 10. The summed E-state index contributed by atoms with van der Waals surface area (Å²) in [6, 6.07) is -7.33. The molecule has 0 unspecified atom stereocenters. The van der Waals surface area contributed by atoms with Crippen molar-refractivity contribution in [3.63, 3.8) is 0 Å². The second kappa shape index (κ2) is 27.1. The van der Waals surface area contributed by atoms with Crippen molar-refractivity contribution < 1.29 is 58.2 Å². The number of thiol groups is 2. The zero-order chi connectivity index (χ0) is 44.0. The van der Waals surface area contributed by atoms with E-state index in [0.29, 0.717) is 12.8 Å². The van der Waals surface area contributed by atoms with Gasteiger partial charge in [-0.15, -0.1) is 0 Å². The number of nitrogens with one attached hydrogen (secondary N) is 8. The van der Waals surface area contributed by atoms with Crippen molar-refractivity contribution in [1.29, 1.82) is 0 Å². The SMILES string of the molecule is CC[C@H](C)[C@H](NC(=O)[C@H](CS)NC(=O)CNC(=O)[C@@H](N)CC(C)C)C(=O)NCC(=O)N[C@@H](CCC(=O)O)C(=O)N[C@@H](CS)C(=O)NCC(=O)N[C@H](C(=O)O)C(C)C. The molecule has 57 heavy (non-hydrogen) atoms. The minimum absolute atomic E-state index is 0.149. The van der Waals surface area contributed by atoms with Crippen molar-refractivity contribution in [3.05, 3.63) is 0 Å². The fourth-order valence-electron chi connectivity index (χ4n) is 4.86. The average molecular weight is 850 g/mol. The lowest BCUT2D eigenvalue weighted by molar-refractivity contribution is -0.143. The van der Waals surface area contributed by atoms with Crippen LogP contribution in [0, 0.1) is 17.8 Å². The lowest BCUT2D eigenvalue weighted by Gasteiger charge is -2.26. The van der Waals surface area contributed by atoms with Crippen LogP contribution in [0.2, 0.25) is 0 Å². The predicted octanol–water partition coefficient (Wildman–Crippen LogP) is -3.36. The van der Waals surface area contributed by atoms with Gasteiger partial charge in [0.2, 0.25) is 47.3 Å². The molecule has 7 atom stereocenters. The van der Waals surface area contributed by atoms with Gasteiger partial charge in [0.1, 0.15) is 30.2 Å². The number of nitrogens with two attached hydrogens (primary N) is 1. The highest BCUT2D eigenvalue weighted by Gasteiger charge is 2.31. The molecule has 0 radical (unpaired) electrons. The van der Waals surface area contributed by atoms with Crippen LogP contribution in [0.3, 0.4) is 0 Å². The summed E-state index contributed by atoms with van der Waals surface area (Å²) in [6.07, 6.45) is -0.205. The van der Waals surface area contributed by atoms with Crippen LogP contribution >= 0.6 is 25.3 Å². The Kier molecular flexibility index (Phi) is 24.9. The van der Waals surface area contributed by atoms with E-state index in [1.165, 1.54) is 0 Å². The molecule has 0 heterocycles. The van der Waals surface area contributed by atoms with Crippen LogP contribution in [0.5, 0.6) is 0 Å². The monoisotopic (exact) mass is 849 g/mol. The zero-order valence-corrected chi connectivity index (χ0v) is 34.8. The van der Waals surface area contributed by atoms with Crippen LogP contribution in [-0.4, -0.2) is 137 Å². The van der Waals surface area contributed by atoms with Gasteiger partial charge in [-0.2, -0.15) is 25.3 Å². The summed E-state index contributed by atoms with van der Waals surface area (Å²) in [5.74, 6) is -10.3. The first kappa shape index (κ1) is 52.4. The molecule has 0 spiro atoms. The largest absolute Gasteiger partial charge is 0.481 e. The summed E-state index contributed by atoms with van der Waals surface area (Å²) in [6.45, 7) is 8.50. The fraction of sp³-hybridized carbons (Fsp3) is 0.706. The predicted molar refractivity (Wildman–Crippen MR) is 213 cm³/mol. The molecule has 0 fully saturated rings. The van der Waals surface area contributed by atoms with Crippen LogP contribution < -0.4 is 48.3 Å². The molecule has 324 valence electrons. The van der Waals surface area contributed by atoms with Crippen molar-refractivity contribution >= 4 is 84.5 Å². The van der Waals surface area contributed by atoms with E-state index >= 15 is 0 Å². The van der Waals surface area contributed by atoms with Crippen LogP contribution in [0.25, 0.3) is 0 Å². The zero-order valence-electron chi connectivity index (χ0n) is 33.0. The fourth-order valence-corrected chi connectivity index (χ4v) is 5.38. The van der Waals surface area contributed by atoms with E-state index in [2.05, 4.69) is 67.8 Å². The van der Waals surface area contributed by atoms with Gasteiger partial charge >= 0.3 is 11.9 Å². The normalized spacial score (nSPS) is 14.6. The molecule has 0 saturated heterocycles. The molecule has 12 N–H and O–H groups in total. The van der Waals surface area contributed by atoms with Gasteiger partial charge in [-0.05, 0) is 30.6 Å². The summed E-state index contributed by atoms with van der Waals surface area (Å²) >= 11 is 8.16. The summed E-state index contributed by atoms with van der Waals surface area (Å²) in [5, 5.41) is 37.3. The Morgan fingerprint density at radius 1 is 0.579 bits per heavy atom. The first-order valence-corrected chi connectivity index (χ1v) is 19.6. The molecule has 0 aliphatic heterocycles. The summed E-state index contributed by atoms with van der Waals surface area (Å²) in [7, 11) is 0. The second-order valence-electron chi connectivity index (χ2n) is 14.0. The van der Waals surface area contributed by atoms with Crippen LogP contribution in [0.4, 0.5) is 0 Å². The Bertz CT molecular complexity index is 1440. The number of hydrogen-bond acceptors (Lipinski definition) is 13. The van der Waals surface area contributed by atoms with Crippen molar-refractivity contribution in [2.45, 2.75) is 103 Å². The molecule has 0 aliphatic carbocycles. The Morgan fingerprint density at radius 2 is 1.04 bits per heavy atom. The number of carboxylic acids is 2. The van der Waals surface area contributed by atoms with Crippen LogP contribution in [0.1, 0.15) is 67.2 Å². The second-order valence-corrected chi connectivity index (χ2v) is 14.7. The third kappa shape index (κ3) is 20.9. The van der Waals surface area contributed by atoms with Crippen molar-refractivity contribution in [2.75, 3.05) is 31.1 Å².